The Labute approximate surface area is 167 Å². The van der Waals surface area contributed by atoms with Gasteiger partial charge in [-0.2, -0.15) is 0 Å². The zero-order valence-electron chi connectivity index (χ0n) is 15.4. The maximum Gasteiger partial charge on any atom is 0.255 e. The monoisotopic (exact) mass is 382 g/mol. The molecule has 0 fully saturated rings. The van der Waals surface area contributed by atoms with E-state index in [0.29, 0.717) is 16.9 Å². The van der Waals surface area contributed by atoms with Crippen LogP contribution < -0.4 is 16.0 Å². The summed E-state index contributed by atoms with van der Waals surface area (Å²) in [4.78, 5) is 26.8. The molecule has 0 aliphatic rings. The van der Waals surface area contributed by atoms with Crippen molar-refractivity contribution < 1.29 is 4.79 Å². The van der Waals surface area contributed by atoms with Gasteiger partial charge in [0.2, 0.25) is 0 Å². The first kappa shape index (κ1) is 18.1. The Bertz CT molecular complexity index is 1040. The molecule has 2 aromatic heterocycles. The number of rotatable bonds is 5. The minimum atomic E-state index is -0.195. The lowest BCUT2D eigenvalue weighted by molar-refractivity contribution is 0.102. The Balaban J connectivity index is 1.59. The van der Waals surface area contributed by atoms with E-state index in [1.807, 2.05) is 47.4 Å². The summed E-state index contributed by atoms with van der Waals surface area (Å²) in [5.74, 6) is 0.532. The lowest BCUT2D eigenvalue weighted by Gasteiger charge is -2.23. The fourth-order valence-electron chi connectivity index (χ4n) is 2.85. The van der Waals surface area contributed by atoms with Crippen LogP contribution >= 0.6 is 0 Å². The van der Waals surface area contributed by atoms with E-state index in [0.717, 1.165) is 17.2 Å². The maximum absolute atomic E-state index is 12.4. The van der Waals surface area contributed by atoms with Gasteiger partial charge in [0.1, 0.15) is 12.1 Å². The third kappa shape index (κ3) is 4.19. The number of carbonyl (C=O) groups is 1. The van der Waals surface area contributed by atoms with Crippen molar-refractivity contribution in [3.05, 3.63) is 97.2 Å². The van der Waals surface area contributed by atoms with Crippen LogP contribution in [-0.4, -0.2) is 20.9 Å². The number of nitrogens with zero attached hydrogens (tertiary/aromatic N) is 4. The molecule has 7 heteroatoms. The summed E-state index contributed by atoms with van der Waals surface area (Å²) in [6.07, 6.45) is 6.65. The van der Waals surface area contributed by atoms with Crippen LogP contribution in [0.5, 0.6) is 0 Å². The van der Waals surface area contributed by atoms with E-state index >= 15 is 0 Å². The van der Waals surface area contributed by atoms with Crippen LogP contribution in [0.3, 0.4) is 0 Å². The standard InChI is InChI=1S/C22H18N6O/c23-17-3-1-16(2-4-17)22(29)27-18-5-7-19(8-6-18)28(20-9-12-24-13-10-20)21-11-14-25-15-26-21/h1-15H,23H2,(H,27,29). The molecule has 7 nitrogen and oxygen atoms in total. The Morgan fingerprint density at radius 1 is 0.793 bits per heavy atom. The van der Waals surface area contributed by atoms with Gasteiger partial charge in [0.15, 0.2) is 0 Å². The van der Waals surface area contributed by atoms with Crippen molar-refractivity contribution in [2.24, 2.45) is 0 Å². The van der Waals surface area contributed by atoms with Gasteiger partial charge in [-0.05, 0) is 66.7 Å². The summed E-state index contributed by atoms with van der Waals surface area (Å²) < 4.78 is 0. The third-order valence-electron chi connectivity index (χ3n) is 4.27. The molecule has 0 saturated heterocycles. The van der Waals surface area contributed by atoms with E-state index < -0.39 is 0 Å². The largest absolute Gasteiger partial charge is 0.399 e. The van der Waals surface area contributed by atoms with Gasteiger partial charge in [-0.25, -0.2) is 9.97 Å². The molecule has 0 spiro atoms. The van der Waals surface area contributed by atoms with Gasteiger partial charge in [-0.1, -0.05) is 0 Å². The Kier molecular flexibility index (Phi) is 5.11. The molecule has 0 atom stereocenters. The van der Waals surface area contributed by atoms with Crippen molar-refractivity contribution in [2.45, 2.75) is 0 Å². The van der Waals surface area contributed by atoms with Gasteiger partial charge in [-0.15, -0.1) is 0 Å². The van der Waals surface area contributed by atoms with Crippen molar-refractivity contribution >= 4 is 34.5 Å². The summed E-state index contributed by atoms with van der Waals surface area (Å²) in [6, 6.07) is 20.0. The number of hydrogen-bond acceptors (Lipinski definition) is 6. The molecule has 0 unspecified atom stereocenters. The highest BCUT2D eigenvalue weighted by Gasteiger charge is 2.13. The quantitative estimate of drug-likeness (QED) is 0.503. The number of benzene rings is 2. The second-order valence-electron chi connectivity index (χ2n) is 6.23. The van der Waals surface area contributed by atoms with Crippen molar-refractivity contribution in [3.63, 3.8) is 0 Å². The molecule has 29 heavy (non-hydrogen) atoms. The molecular formula is C22H18N6O. The first-order valence-corrected chi connectivity index (χ1v) is 8.94. The van der Waals surface area contributed by atoms with Gasteiger partial charge in [0.05, 0.1) is 5.69 Å². The number of aromatic nitrogens is 3. The Hall–Kier alpha value is -4.26. The number of hydrogen-bond donors (Lipinski definition) is 2. The number of amides is 1. The minimum Gasteiger partial charge on any atom is -0.399 e. The molecule has 2 aromatic carbocycles. The summed E-state index contributed by atoms with van der Waals surface area (Å²) in [5.41, 5.74) is 9.32. The Morgan fingerprint density at radius 3 is 2.10 bits per heavy atom. The fraction of sp³-hybridized carbons (Fsp3) is 0. The van der Waals surface area contributed by atoms with Crippen molar-refractivity contribution in [2.75, 3.05) is 16.0 Å². The van der Waals surface area contributed by atoms with E-state index in [2.05, 4.69) is 20.3 Å². The number of nitrogen functional groups attached to an aromatic ring is 1. The molecule has 0 radical (unpaired) electrons. The van der Waals surface area contributed by atoms with Crippen molar-refractivity contribution in [1.82, 2.24) is 15.0 Å². The fourth-order valence-corrected chi connectivity index (χ4v) is 2.85. The molecule has 0 saturated carbocycles. The van der Waals surface area contributed by atoms with Crippen LogP contribution in [0, 0.1) is 0 Å². The molecular weight excluding hydrogens is 364 g/mol. The van der Waals surface area contributed by atoms with E-state index in [9.17, 15) is 4.79 Å². The molecule has 4 aromatic rings. The summed E-state index contributed by atoms with van der Waals surface area (Å²) in [5, 5.41) is 2.89. The van der Waals surface area contributed by atoms with E-state index in [-0.39, 0.29) is 5.91 Å². The van der Waals surface area contributed by atoms with Gasteiger partial charge in [0.25, 0.3) is 5.91 Å². The number of pyridine rings is 1. The van der Waals surface area contributed by atoms with Crippen molar-refractivity contribution in [3.8, 4) is 0 Å². The lowest BCUT2D eigenvalue weighted by atomic mass is 10.2. The second kappa shape index (κ2) is 8.18. The number of nitrogens with two attached hydrogens (primary N) is 1. The van der Waals surface area contributed by atoms with Crippen LogP contribution in [0.25, 0.3) is 0 Å². The highest BCUT2D eigenvalue weighted by molar-refractivity contribution is 6.04. The van der Waals surface area contributed by atoms with E-state index in [1.165, 1.54) is 6.33 Å². The van der Waals surface area contributed by atoms with Crippen LogP contribution in [0.2, 0.25) is 0 Å². The zero-order valence-corrected chi connectivity index (χ0v) is 15.4. The number of anilines is 5. The lowest BCUT2D eigenvalue weighted by Crippen LogP contribution is -2.13. The average Bonchev–Trinajstić information content (AvgIpc) is 2.77. The highest BCUT2D eigenvalue weighted by atomic mass is 16.1. The molecule has 1 amide bonds. The molecule has 2 heterocycles. The van der Waals surface area contributed by atoms with Crippen LogP contribution in [0.4, 0.5) is 28.6 Å². The zero-order chi connectivity index (χ0) is 20.1. The first-order valence-electron chi connectivity index (χ1n) is 8.94. The van der Waals surface area contributed by atoms with Crippen molar-refractivity contribution in [1.29, 1.82) is 0 Å². The molecule has 4 rings (SSSR count). The predicted molar refractivity (Wildman–Crippen MR) is 113 cm³/mol. The summed E-state index contributed by atoms with van der Waals surface area (Å²) in [6.45, 7) is 0. The molecule has 3 N–H and O–H groups in total. The highest BCUT2D eigenvalue weighted by Crippen LogP contribution is 2.32. The molecule has 0 bridgehead atoms. The van der Waals surface area contributed by atoms with Gasteiger partial charge in [0, 0.05) is 41.2 Å². The van der Waals surface area contributed by atoms with E-state index in [4.69, 9.17) is 5.73 Å². The van der Waals surface area contributed by atoms with Crippen LogP contribution in [0.15, 0.2) is 91.6 Å². The smallest absolute Gasteiger partial charge is 0.255 e. The minimum absolute atomic E-state index is 0.195. The van der Waals surface area contributed by atoms with Crippen LogP contribution in [0.1, 0.15) is 10.4 Å². The first-order chi connectivity index (χ1) is 14.2. The average molecular weight is 382 g/mol. The SMILES string of the molecule is Nc1ccc(C(=O)Nc2ccc(N(c3ccncc3)c3ccncn3)cc2)cc1. The Morgan fingerprint density at radius 2 is 1.45 bits per heavy atom. The number of nitrogens with one attached hydrogen (secondary N) is 1. The summed E-state index contributed by atoms with van der Waals surface area (Å²) >= 11 is 0. The topological polar surface area (TPSA) is 97.0 Å². The van der Waals surface area contributed by atoms with Gasteiger partial charge < -0.3 is 11.1 Å². The molecule has 0 aliphatic heterocycles. The predicted octanol–water partition coefficient (Wildman–Crippen LogP) is 4.18. The normalized spacial score (nSPS) is 10.3. The van der Waals surface area contributed by atoms with Crippen LogP contribution in [-0.2, 0) is 0 Å². The molecule has 142 valence electrons. The van der Waals surface area contributed by atoms with E-state index in [1.54, 1.807) is 42.9 Å². The third-order valence-corrected chi connectivity index (χ3v) is 4.27. The van der Waals surface area contributed by atoms with Gasteiger partial charge >= 0.3 is 0 Å². The summed E-state index contributed by atoms with van der Waals surface area (Å²) in [7, 11) is 0. The van der Waals surface area contributed by atoms with Gasteiger partial charge in [-0.3, -0.25) is 14.7 Å². The second-order valence-corrected chi connectivity index (χ2v) is 6.23. The molecule has 0 aliphatic carbocycles. The number of carbonyl (C=O) groups excluding carboxylic acids is 1. The maximum atomic E-state index is 12.4.